The summed E-state index contributed by atoms with van der Waals surface area (Å²) in [6, 6.07) is 6.20. The molecule has 1 aromatic carbocycles. The standard InChI is InChI=1S/C19H26N4O2/c1-13-3-2-4-16-18(13)15(12-22-16)5-8-21-19(25)23-9-6-14(7-10-23)11-17(20)24/h2-4,12,14,22H,5-11H2,1H3,(H2,20,24)(H,21,25). The number of aromatic nitrogens is 1. The number of aryl methyl sites for hydroxylation is 1. The van der Waals surface area contributed by atoms with Crippen LogP contribution in [0.25, 0.3) is 10.9 Å². The number of primary amides is 1. The van der Waals surface area contributed by atoms with Crippen molar-refractivity contribution in [1.82, 2.24) is 15.2 Å². The van der Waals surface area contributed by atoms with Crippen molar-refractivity contribution in [2.75, 3.05) is 19.6 Å². The lowest BCUT2D eigenvalue weighted by molar-refractivity contribution is -0.119. The minimum atomic E-state index is -0.253. The summed E-state index contributed by atoms with van der Waals surface area (Å²) in [6.45, 7) is 4.10. The van der Waals surface area contributed by atoms with E-state index in [4.69, 9.17) is 5.73 Å². The molecule has 2 aromatic rings. The van der Waals surface area contributed by atoms with E-state index in [1.165, 1.54) is 16.5 Å². The third-order valence-electron chi connectivity index (χ3n) is 5.06. The number of nitrogens with one attached hydrogen (secondary N) is 2. The van der Waals surface area contributed by atoms with Crippen LogP contribution in [0.15, 0.2) is 24.4 Å². The van der Waals surface area contributed by atoms with Gasteiger partial charge in [0, 0.05) is 43.2 Å². The molecule has 1 aliphatic heterocycles. The zero-order valence-electron chi connectivity index (χ0n) is 14.7. The van der Waals surface area contributed by atoms with Gasteiger partial charge in [0.1, 0.15) is 0 Å². The molecule has 6 nitrogen and oxygen atoms in total. The largest absolute Gasteiger partial charge is 0.370 e. The van der Waals surface area contributed by atoms with Gasteiger partial charge >= 0.3 is 6.03 Å². The number of fused-ring (bicyclic) bond motifs is 1. The molecule has 0 aliphatic carbocycles. The first-order chi connectivity index (χ1) is 12.0. The summed E-state index contributed by atoms with van der Waals surface area (Å²) >= 11 is 0. The maximum atomic E-state index is 12.3. The molecule has 6 heteroatoms. The average Bonchev–Trinajstić information content (AvgIpc) is 2.99. The van der Waals surface area contributed by atoms with Crippen molar-refractivity contribution in [3.63, 3.8) is 0 Å². The van der Waals surface area contributed by atoms with Crippen LogP contribution in [0.2, 0.25) is 0 Å². The number of benzene rings is 1. The predicted molar refractivity (Wildman–Crippen MR) is 98.2 cm³/mol. The number of amides is 3. The third-order valence-corrected chi connectivity index (χ3v) is 5.06. The Labute approximate surface area is 147 Å². The van der Waals surface area contributed by atoms with E-state index in [0.29, 0.717) is 32.0 Å². The highest BCUT2D eigenvalue weighted by Gasteiger charge is 2.23. The number of hydrogen-bond acceptors (Lipinski definition) is 2. The first-order valence-electron chi connectivity index (χ1n) is 8.91. The number of nitrogens with zero attached hydrogens (tertiary/aromatic N) is 1. The van der Waals surface area contributed by atoms with Crippen molar-refractivity contribution in [1.29, 1.82) is 0 Å². The molecule has 4 N–H and O–H groups in total. The number of urea groups is 1. The zero-order valence-corrected chi connectivity index (χ0v) is 14.7. The first-order valence-corrected chi connectivity index (χ1v) is 8.91. The number of rotatable bonds is 5. The van der Waals surface area contributed by atoms with Gasteiger partial charge in [-0.05, 0) is 49.3 Å². The summed E-state index contributed by atoms with van der Waals surface area (Å²) < 4.78 is 0. The van der Waals surface area contributed by atoms with Gasteiger partial charge in [-0.25, -0.2) is 4.79 Å². The third kappa shape index (κ3) is 4.13. The zero-order chi connectivity index (χ0) is 17.8. The van der Waals surface area contributed by atoms with E-state index in [-0.39, 0.29) is 11.9 Å². The van der Waals surface area contributed by atoms with E-state index in [9.17, 15) is 9.59 Å². The van der Waals surface area contributed by atoms with Crippen LogP contribution in [0.4, 0.5) is 4.79 Å². The van der Waals surface area contributed by atoms with Crippen LogP contribution < -0.4 is 11.1 Å². The van der Waals surface area contributed by atoms with Gasteiger partial charge in [0.15, 0.2) is 0 Å². The van der Waals surface area contributed by atoms with Crippen LogP contribution in [0.1, 0.15) is 30.4 Å². The highest BCUT2D eigenvalue weighted by molar-refractivity contribution is 5.86. The number of nitrogens with two attached hydrogens (primary N) is 1. The smallest absolute Gasteiger partial charge is 0.317 e. The van der Waals surface area contributed by atoms with Gasteiger partial charge < -0.3 is 20.9 Å². The van der Waals surface area contributed by atoms with Gasteiger partial charge in [0.25, 0.3) is 0 Å². The van der Waals surface area contributed by atoms with Crippen LogP contribution in [-0.2, 0) is 11.2 Å². The molecular formula is C19H26N4O2. The Morgan fingerprint density at radius 1 is 1.32 bits per heavy atom. The second-order valence-corrected chi connectivity index (χ2v) is 6.89. The van der Waals surface area contributed by atoms with Gasteiger partial charge in [0.2, 0.25) is 5.91 Å². The molecule has 1 fully saturated rings. The fraction of sp³-hybridized carbons (Fsp3) is 0.474. The molecular weight excluding hydrogens is 316 g/mol. The van der Waals surface area contributed by atoms with Crippen molar-refractivity contribution >= 4 is 22.8 Å². The van der Waals surface area contributed by atoms with E-state index in [2.05, 4.69) is 29.4 Å². The molecule has 0 spiro atoms. The lowest BCUT2D eigenvalue weighted by atomic mass is 9.93. The van der Waals surface area contributed by atoms with Gasteiger partial charge in [-0.15, -0.1) is 0 Å². The number of carbonyl (C=O) groups is 2. The van der Waals surface area contributed by atoms with Gasteiger partial charge in [-0.1, -0.05) is 12.1 Å². The highest BCUT2D eigenvalue weighted by Crippen LogP contribution is 2.22. The van der Waals surface area contributed by atoms with Crippen LogP contribution in [0.3, 0.4) is 0 Å². The number of piperidine rings is 1. The first kappa shape index (κ1) is 17.3. The van der Waals surface area contributed by atoms with Crippen molar-refractivity contribution in [3.05, 3.63) is 35.5 Å². The van der Waals surface area contributed by atoms with Crippen LogP contribution in [0, 0.1) is 12.8 Å². The molecule has 0 saturated carbocycles. The fourth-order valence-electron chi connectivity index (χ4n) is 3.69. The summed E-state index contributed by atoms with van der Waals surface area (Å²) in [5, 5.41) is 4.27. The second-order valence-electron chi connectivity index (χ2n) is 6.89. The number of carbonyl (C=O) groups excluding carboxylic acids is 2. The molecule has 134 valence electrons. The minimum Gasteiger partial charge on any atom is -0.370 e. The fourth-order valence-corrected chi connectivity index (χ4v) is 3.69. The van der Waals surface area contributed by atoms with Crippen LogP contribution in [0.5, 0.6) is 0 Å². The molecule has 3 amide bonds. The summed E-state index contributed by atoms with van der Waals surface area (Å²) in [5.41, 5.74) is 8.86. The van der Waals surface area contributed by atoms with E-state index < -0.39 is 0 Å². The quantitative estimate of drug-likeness (QED) is 0.778. The van der Waals surface area contributed by atoms with E-state index in [1.54, 1.807) is 0 Å². The van der Waals surface area contributed by atoms with Gasteiger partial charge in [-0.3, -0.25) is 4.79 Å². The Morgan fingerprint density at radius 2 is 2.08 bits per heavy atom. The number of H-pyrrole nitrogens is 1. The molecule has 1 aliphatic rings. The van der Waals surface area contributed by atoms with Gasteiger partial charge in [0.05, 0.1) is 0 Å². The van der Waals surface area contributed by atoms with Gasteiger partial charge in [-0.2, -0.15) is 0 Å². The summed E-state index contributed by atoms with van der Waals surface area (Å²) in [7, 11) is 0. The van der Waals surface area contributed by atoms with Crippen LogP contribution >= 0.6 is 0 Å². The molecule has 2 heterocycles. The number of hydrogen-bond donors (Lipinski definition) is 3. The number of likely N-dealkylation sites (tertiary alicyclic amines) is 1. The average molecular weight is 342 g/mol. The van der Waals surface area contributed by atoms with Crippen molar-refractivity contribution in [2.24, 2.45) is 11.7 Å². The molecule has 0 unspecified atom stereocenters. The molecule has 0 bridgehead atoms. The Bertz CT molecular complexity index is 760. The van der Waals surface area contributed by atoms with Crippen molar-refractivity contribution < 1.29 is 9.59 Å². The molecule has 3 rings (SSSR count). The van der Waals surface area contributed by atoms with Crippen LogP contribution in [-0.4, -0.2) is 41.5 Å². The SMILES string of the molecule is Cc1cccc2[nH]cc(CCNC(=O)N3CCC(CC(N)=O)CC3)c12. The van der Waals surface area contributed by atoms with Crippen molar-refractivity contribution in [3.8, 4) is 0 Å². The normalized spacial score (nSPS) is 15.5. The molecule has 1 saturated heterocycles. The summed E-state index contributed by atoms with van der Waals surface area (Å²) in [6.07, 6.45) is 4.94. The molecule has 1 aromatic heterocycles. The molecule has 25 heavy (non-hydrogen) atoms. The second kappa shape index (κ2) is 7.59. The highest BCUT2D eigenvalue weighted by atomic mass is 16.2. The van der Waals surface area contributed by atoms with E-state index in [1.807, 2.05) is 17.2 Å². The Morgan fingerprint density at radius 3 is 2.80 bits per heavy atom. The predicted octanol–water partition coefficient (Wildman–Crippen LogP) is 2.32. The number of aromatic amines is 1. The summed E-state index contributed by atoms with van der Waals surface area (Å²) in [4.78, 5) is 28.4. The minimum absolute atomic E-state index is 0.0194. The van der Waals surface area contributed by atoms with E-state index in [0.717, 1.165) is 24.8 Å². The lowest BCUT2D eigenvalue weighted by Gasteiger charge is -2.31. The lowest BCUT2D eigenvalue weighted by Crippen LogP contribution is -2.45. The van der Waals surface area contributed by atoms with Crippen molar-refractivity contribution in [2.45, 2.75) is 32.6 Å². The Hall–Kier alpha value is -2.50. The molecule has 0 radical (unpaired) electrons. The Kier molecular flexibility index (Phi) is 5.26. The monoisotopic (exact) mass is 342 g/mol. The molecule has 0 atom stereocenters. The van der Waals surface area contributed by atoms with E-state index >= 15 is 0 Å². The Balaban J connectivity index is 1.47. The summed E-state index contributed by atoms with van der Waals surface area (Å²) in [5.74, 6) is 0.0627. The maximum absolute atomic E-state index is 12.3. The topological polar surface area (TPSA) is 91.2 Å². The maximum Gasteiger partial charge on any atom is 0.317 e.